The number of carbonyl (C=O) groups excluding carboxylic acids is 1. The monoisotopic (exact) mass is 193 g/mol. The van der Waals surface area contributed by atoms with E-state index in [0.29, 0.717) is 13.1 Å². The van der Waals surface area contributed by atoms with Crippen LogP contribution >= 0.6 is 0 Å². The highest BCUT2D eigenvalue weighted by molar-refractivity contribution is 5.99. The molecule has 1 aliphatic rings. The zero-order valence-electron chi connectivity index (χ0n) is 8.01. The molecule has 0 unspecified atom stereocenters. The van der Waals surface area contributed by atoms with Crippen molar-refractivity contribution in [3.8, 4) is 0 Å². The summed E-state index contributed by atoms with van der Waals surface area (Å²) in [6.45, 7) is 3.20. The Bertz CT molecular complexity index is 372. The molecule has 1 heterocycles. The second kappa shape index (κ2) is 3.50. The maximum Gasteiger partial charge on any atom is 0.171 e. The molecule has 0 saturated carbocycles. The van der Waals surface area contributed by atoms with Crippen LogP contribution in [0, 0.1) is 18.7 Å². The van der Waals surface area contributed by atoms with E-state index in [-0.39, 0.29) is 17.3 Å². The molecule has 0 amide bonds. The minimum atomic E-state index is -0.410. The molecule has 0 bridgehead atoms. The van der Waals surface area contributed by atoms with Gasteiger partial charge in [0.15, 0.2) is 5.78 Å². The van der Waals surface area contributed by atoms with Gasteiger partial charge in [-0.3, -0.25) is 4.79 Å². The van der Waals surface area contributed by atoms with Gasteiger partial charge in [0.2, 0.25) is 0 Å². The number of hydrogen-bond acceptors (Lipinski definition) is 2. The van der Waals surface area contributed by atoms with E-state index in [1.54, 1.807) is 12.1 Å². The van der Waals surface area contributed by atoms with Crippen molar-refractivity contribution in [1.29, 1.82) is 0 Å². The van der Waals surface area contributed by atoms with Gasteiger partial charge in [-0.05, 0) is 19.1 Å². The van der Waals surface area contributed by atoms with Crippen molar-refractivity contribution in [2.45, 2.75) is 6.92 Å². The second-order valence-corrected chi connectivity index (χ2v) is 3.70. The van der Waals surface area contributed by atoms with E-state index in [1.807, 2.05) is 6.92 Å². The molecule has 1 aromatic carbocycles. The number of benzene rings is 1. The van der Waals surface area contributed by atoms with Crippen LogP contribution in [0.15, 0.2) is 18.2 Å². The molecule has 0 atom stereocenters. The Morgan fingerprint density at radius 1 is 1.50 bits per heavy atom. The van der Waals surface area contributed by atoms with Gasteiger partial charge in [0.05, 0.1) is 5.56 Å². The minimum absolute atomic E-state index is 0.0358. The number of ketones is 1. The summed E-state index contributed by atoms with van der Waals surface area (Å²) < 4.78 is 13.3. The lowest BCUT2D eigenvalue weighted by Gasteiger charge is -2.25. The van der Waals surface area contributed by atoms with Gasteiger partial charge in [-0.15, -0.1) is 0 Å². The molecular formula is C11H12FNO. The van der Waals surface area contributed by atoms with Gasteiger partial charge < -0.3 is 5.32 Å². The van der Waals surface area contributed by atoms with E-state index < -0.39 is 5.82 Å². The third kappa shape index (κ3) is 1.55. The Morgan fingerprint density at radius 3 is 2.79 bits per heavy atom. The number of halogens is 1. The summed E-state index contributed by atoms with van der Waals surface area (Å²) in [6.07, 6.45) is 0. The first-order chi connectivity index (χ1) is 6.68. The van der Waals surface area contributed by atoms with Crippen molar-refractivity contribution < 1.29 is 9.18 Å². The number of aryl methyl sites for hydroxylation is 1. The van der Waals surface area contributed by atoms with Crippen LogP contribution in [0.2, 0.25) is 0 Å². The molecule has 0 spiro atoms. The average molecular weight is 193 g/mol. The molecule has 0 aromatic heterocycles. The van der Waals surface area contributed by atoms with E-state index in [4.69, 9.17) is 0 Å². The number of Topliss-reactive ketones (excluding diaryl/α,β-unsaturated/α-hetero) is 1. The molecule has 2 nitrogen and oxygen atoms in total. The molecule has 1 saturated heterocycles. The Labute approximate surface area is 82.1 Å². The molecular weight excluding hydrogens is 181 g/mol. The highest BCUT2D eigenvalue weighted by atomic mass is 19.1. The molecule has 1 N–H and O–H groups in total. The van der Waals surface area contributed by atoms with Gasteiger partial charge in [-0.2, -0.15) is 0 Å². The lowest BCUT2D eigenvalue weighted by molar-refractivity contribution is 0.0874. The zero-order chi connectivity index (χ0) is 10.1. The van der Waals surface area contributed by atoms with Crippen molar-refractivity contribution in [1.82, 2.24) is 5.32 Å². The molecule has 74 valence electrons. The van der Waals surface area contributed by atoms with E-state index >= 15 is 0 Å². The Kier molecular flexibility index (Phi) is 2.33. The number of rotatable bonds is 2. The predicted octanol–water partition coefficient (Wildman–Crippen LogP) is 1.54. The molecule has 14 heavy (non-hydrogen) atoms. The van der Waals surface area contributed by atoms with Gasteiger partial charge in [-0.1, -0.05) is 11.6 Å². The summed E-state index contributed by atoms with van der Waals surface area (Å²) in [5.41, 5.74) is 1.15. The fourth-order valence-electron chi connectivity index (χ4n) is 1.52. The van der Waals surface area contributed by atoms with E-state index in [1.165, 1.54) is 6.07 Å². The second-order valence-electron chi connectivity index (χ2n) is 3.70. The molecule has 1 aromatic rings. The Hall–Kier alpha value is -1.22. The van der Waals surface area contributed by atoms with Gasteiger partial charge in [0, 0.05) is 19.0 Å². The molecule has 1 fully saturated rings. The van der Waals surface area contributed by atoms with Gasteiger partial charge in [0.1, 0.15) is 5.82 Å². The maximum atomic E-state index is 13.3. The third-order valence-electron chi connectivity index (χ3n) is 2.54. The summed E-state index contributed by atoms with van der Waals surface area (Å²) in [5, 5.41) is 3.00. The van der Waals surface area contributed by atoms with Crippen LogP contribution in [0.4, 0.5) is 4.39 Å². The molecule has 0 radical (unpaired) electrons. The van der Waals surface area contributed by atoms with Crippen molar-refractivity contribution in [3.05, 3.63) is 35.1 Å². The van der Waals surface area contributed by atoms with Crippen molar-refractivity contribution in [2.75, 3.05) is 13.1 Å². The average Bonchev–Trinajstić information content (AvgIpc) is 2.06. The summed E-state index contributed by atoms with van der Waals surface area (Å²) in [4.78, 5) is 11.7. The maximum absolute atomic E-state index is 13.3. The van der Waals surface area contributed by atoms with E-state index in [2.05, 4.69) is 5.32 Å². The van der Waals surface area contributed by atoms with Gasteiger partial charge in [-0.25, -0.2) is 4.39 Å². The molecule has 3 heteroatoms. The SMILES string of the molecule is Cc1ccc(F)c(C(=O)C2CNC2)c1. The van der Waals surface area contributed by atoms with Gasteiger partial charge >= 0.3 is 0 Å². The van der Waals surface area contributed by atoms with Crippen LogP contribution in [-0.4, -0.2) is 18.9 Å². The summed E-state index contributed by atoms with van der Waals surface area (Å²) in [5.74, 6) is -0.524. The highest BCUT2D eigenvalue weighted by Gasteiger charge is 2.27. The molecule has 1 aliphatic heterocycles. The van der Waals surface area contributed by atoms with Crippen LogP contribution < -0.4 is 5.32 Å². The largest absolute Gasteiger partial charge is 0.315 e. The first-order valence-corrected chi connectivity index (χ1v) is 4.69. The van der Waals surface area contributed by atoms with E-state index in [9.17, 15) is 9.18 Å². The Morgan fingerprint density at radius 2 is 2.21 bits per heavy atom. The quantitative estimate of drug-likeness (QED) is 0.722. The van der Waals surface area contributed by atoms with Crippen LogP contribution in [0.3, 0.4) is 0 Å². The zero-order valence-corrected chi connectivity index (χ0v) is 8.01. The predicted molar refractivity (Wildman–Crippen MR) is 51.8 cm³/mol. The summed E-state index contributed by atoms with van der Waals surface area (Å²) in [6, 6.07) is 4.65. The number of hydrogen-bond donors (Lipinski definition) is 1. The van der Waals surface area contributed by atoms with Gasteiger partial charge in [0.25, 0.3) is 0 Å². The molecule has 2 rings (SSSR count). The smallest absolute Gasteiger partial charge is 0.171 e. The standard InChI is InChI=1S/C11H12FNO/c1-7-2-3-10(12)9(4-7)11(14)8-5-13-6-8/h2-4,8,13H,5-6H2,1H3. The topological polar surface area (TPSA) is 29.1 Å². The van der Waals surface area contributed by atoms with Crippen molar-refractivity contribution in [2.24, 2.45) is 5.92 Å². The van der Waals surface area contributed by atoms with Crippen LogP contribution in [0.1, 0.15) is 15.9 Å². The first kappa shape index (κ1) is 9.34. The summed E-state index contributed by atoms with van der Waals surface area (Å²) in [7, 11) is 0. The minimum Gasteiger partial charge on any atom is -0.315 e. The van der Waals surface area contributed by atoms with E-state index in [0.717, 1.165) is 5.56 Å². The summed E-state index contributed by atoms with van der Waals surface area (Å²) >= 11 is 0. The number of nitrogens with one attached hydrogen (secondary N) is 1. The third-order valence-corrected chi connectivity index (χ3v) is 2.54. The fraction of sp³-hybridized carbons (Fsp3) is 0.364. The number of carbonyl (C=O) groups is 1. The fourth-order valence-corrected chi connectivity index (χ4v) is 1.52. The van der Waals surface area contributed by atoms with Crippen LogP contribution in [0.5, 0.6) is 0 Å². The highest BCUT2D eigenvalue weighted by Crippen LogP contribution is 2.17. The van der Waals surface area contributed by atoms with Crippen LogP contribution in [0.25, 0.3) is 0 Å². The normalized spacial score (nSPS) is 16.4. The van der Waals surface area contributed by atoms with Crippen molar-refractivity contribution in [3.63, 3.8) is 0 Å². The van der Waals surface area contributed by atoms with Crippen LogP contribution in [-0.2, 0) is 0 Å². The Balaban J connectivity index is 2.29. The lowest BCUT2D eigenvalue weighted by Crippen LogP contribution is -2.46. The van der Waals surface area contributed by atoms with Crippen molar-refractivity contribution >= 4 is 5.78 Å². The lowest BCUT2D eigenvalue weighted by atomic mass is 9.92. The molecule has 0 aliphatic carbocycles. The first-order valence-electron chi connectivity index (χ1n) is 4.69.